The Balaban J connectivity index is 1.94. The van der Waals surface area contributed by atoms with Crippen molar-refractivity contribution >= 4 is 29.1 Å². The van der Waals surface area contributed by atoms with E-state index in [9.17, 15) is 22.4 Å². The molecular weight excluding hydrogens is 472 g/mol. The number of aromatic nitrogens is 2. The molecule has 0 saturated heterocycles. The number of rotatable bonds is 7. The minimum absolute atomic E-state index is 0.00409. The largest absolute Gasteiger partial charge is 0.488 e. The molecule has 0 aliphatic rings. The van der Waals surface area contributed by atoms with Gasteiger partial charge in [-0.1, -0.05) is 17.7 Å². The SMILES string of the molecule is Cc1c(CCC(=O)O)ccc(OCc2c(-c3ncc(Cl)cc3F)nsc2C(F)(F)F)c1C. The summed E-state index contributed by atoms with van der Waals surface area (Å²) in [6.45, 7) is 3.00. The Morgan fingerprint density at radius 2 is 1.94 bits per heavy atom. The number of ether oxygens (including phenoxy) is 1. The Bertz CT molecular complexity index is 1160. The number of carboxylic acid groups (broad SMARTS) is 1. The summed E-state index contributed by atoms with van der Waals surface area (Å²) in [6.07, 6.45) is -3.30. The molecule has 11 heteroatoms. The number of hydrogen-bond donors (Lipinski definition) is 1. The topological polar surface area (TPSA) is 72.3 Å². The predicted molar refractivity (Wildman–Crippen MR) is 112 cm³/mol. The molecule has 2 aromatic heterocycles. The standard InChI is InChI=1S/C21H17ClF4N2O3S/c1-10-11(2)16(5-3-12(10)4-6-17(29)30)31-9-14-18(28-32-20(14)21(24,25)26)19-15(23)7-13(22)8-27-19/h3,5,7-8H,4,6,9H2,1-2H3,(H,29,30). The molecule has 0 aliphatic heterocycles. The van der Waals surface area contributed by atoms with Gasteiger partial charge in [-0.25, -0.2) is 9.37 Å². The fourth-order valence-corrected chi connectivity index (χ4v) is 4.00. The van der Waals surface area contributed by atoms with E-state index >= 15 is 0 Å². The van der Waals surface area contributed by atoms with E-state index < -0.39 is 29.4 Å². The highest BCUT2D eigenvalue weighted by atomic mass is 35.5. The van der Waals surface area contributed by atoms with Gasteiger partial charge < -0.3 is 9.84 Å². The van der Waals surface area contributed by atoms with E-state index in [0.717, 1.165) is 23.4 Å². The number of nitrogens with zero attached hydrogens (tertiary/aromatic N) is 2. The monoisotopic (exact) mass is 488 g/mol. The van der Waals surface area contributed by atoms with Crippen LogP contribution in [-0.4, -0.2) is 20.4 Å². The lowest BCUT2D eigenvalue weighted by atomic mass is 9.99. The highest BCUT2D eigenvalue weighted by molar-refractivity contribution is 7.06. The Kier molecular flexibility index (Phi) is 7.04. The van der Waals surface area contributed by atoms with Crippen LogP contribution >= 0.6 is 23.1 Å². The molecule has 0 bridgehead atoms. The number of carbonyl (C=O) groups is 1. The van der Waals surface area contributed by atoms with E-state index in [1.807, 2.05) is 0 Å². The van der Waals surface area contributed by atoms with Crippen molar-refractivity contribution in [2.24, 2.45) is 0 Å². The summed E-state index contributed by atoms with van der Waals surface area (Å²) in [5, 5.41) is 8.87. The van der Waals surface area contributed by atoms with Crippen molar-refractivity contribution < 1.29 is 32.2 Å². The Morgan fingerprint density at radius 3 is 2.56 bits per heavy atom. The van der Waals surface area contributed by atoms with Crippen LogP contribution in [0.3, 0.4) is 0 Å². The van der Waals surface area contributed by atoms with Crippen molar-refractivity contribution in [1.82, 2.24) is 9.36 Å². The number of carboxylic acids is 1. The van der Waals surface area contributed by atoms with Gasteiger partial charge in [-0.15, -0.1) is 0 Å². The van der Waals surface area contributed by atoms with Gasteiger partial charge in [-0.3, -0.25) is 4.79 Å². The summed E-state index contributed by atoms with van der Waals surface area (Å²) >= 11 is 5.89. The van der Waals surface area contributed by atoms with Gasteiger partial charge in [-0.05, 0) is 60.6 Å². The zero-order valence-corrected chi connectivity index (χ0v) is 18.5. The van der Waals surface area contributed by atoms with Gasteiger partial charge in [-0.2, -0.15) is 17.5 Å². The minimum Gasteiger partial charge on any atom is -0.488 e. The van der Waals surface area contributed by atoms with Gasteiger partial charge in [0.15, 0.2) is 5.82 Å². The molecule has 3 rings (SSSR count). The fourth-order valence-electron chi connectivity index (χ4n) is 3.11. The molecular formula is C21H17ClF4N2O3S. The molecule has 1 N–H and O–H groups in total. The Labute approximate surface area is 189 Å². The average molecular weight is 489 g/mol. The normalized spacial score (nSPS) is 11.6. The second-order valence-corrected chi connectivity index (χ2v) is 8.19. The molecule has 170 valence electrons. The molecule has 3 aromatic rings. The second-order valence-electron chi connectivity index (χ2n) is 6.98. The van der Waals surface area contributed by atoms with Crippen molar-refractivity contribution in [3.63, 3.8) is 0 Å². The van der Waals surface area contributed by atoms with Crippen LogP contribution in [0.1, 0.15) is 33.6 Å². The van der Waals surface area contributed by atoms with Crippen LogP contribution in [0.5, 0.6) is 5.75 Å². The van der Waals surface area contributed by atoms with Crippen LogP contribution in [-0.2, 0) is 24.0 Å². The molecule has 32 heavy (non-hydrogen) atoms. The molecule has 0 aliphatic carbocycles. The van der Waals surface area contributed by atoms with Crippen LogP contribution in [0.25, 0.3) is 11.4 Å². The molecule has 1 aromatic carbocycles. The lowest BCUT2D eigenvalue weighted by Crippen LogP contribution is -2.09. The van der Waals surface area contributed by atoms with Crippen molar-refractivity contribution in [1.29, 1.82) is 0 Å². The van der Waals surface area contributed by atoms with Crippen LogP contribution in [0, 0.1) is 19.7 Å². The smallest absolute Gasteiger partial charge is 0.427 e. The maximum absolute atomic E-state index is 14.3. The van der Waals surface area contributed by atoms with Crippen molar-refractivity contribution in [3.8, 4) is 17.1 Å². The van der Waals surface area contributed by atoms with Gasteiger partial charge in [0.25, 0.3) is 0 Å². The summed E-state index contributed by atoms with van der Waals surface area (Å²) in [5.41, 5.74) is 1.32. The Morgan fingerprint density at radius 1 is 1.22 bits per heavy atom. The summed E-state index contributed by atoms with van der Waals surface area (Å²) in [5.74, 6) is -1.49. The predicted octanol–water partition coefficient (Wildman–Crippen LogP) is 6.23. The molecule has 0 atom stereocenters. The number of benzene rings is 1. The van der Waals surface area contributed by atoms with Crippen molar-refractivity contribution in [2.75, 3.05) is 0 Å². The maximum Gasteiger partial charge on any atom is 0.427 e. The number of hydrogen-bond acceptors (Lipinski definition) is 5. The molecule has 5 nitrogen and oxygen atoms in total. The quantitative estimate of drug-likeness (QED) is 0.399. The summed E-state index contributed by atoms with van der Waals surface area (Å²) in [4.78, 5) is 13.6. The molecule has 0 fully saturated rings. The molecule has 0 saturated carbocycles. The summed E-state index contributed by atoms with van der Waals surface area (Å²) < 4.78 is 64.4. The van der Waals surface area contributed by atoms with E-state index in [1.54, 1.807) is 26.0 Å². The molecule has 2 heterocycles. The first-order chi connectivity index (χ1) is 15.0. The van der Waals surface area contributed by atoms with Crippen molar-refractivity contribution in [2.45, 2.75) is 39.5 Å². The summed E-state index contributed by atoms with van der Waals surface area (Å²) in [7, 11) is 0. The summed E-state index contributed by atoms with van der Waals surface area (Å²) in [6, 6.07) is 4.20. The zero-order chi connectivity index (χ0) is 23.6. The third-order valence-corrected chi connectivity index (χ3v) is 6.05. The first kappa shape index (κ1) is 23.9. The van der Waals surface area contributed by atoms with Gasteiger partial charge in [0.1, 0.15) is 28.6 Å². The van der Waals surface area contributed by atoms with Crippen molar-refractivity contribution in [3.05, 3.63) is 62.4 Å². The van der Waals surface area contributed by atoms with Crippen LogP contribution in [0.4, 0.5) is 17.6 Å². The third kappa shape index (κ3) is 5.18. The Hall–Kier alpha value is -2.72. The first-order valence-electron chi connectivity index (χ1n) is 9.29. The second kappa shape index (κ2) is 9.41. The van der Waals surface area contributed by atoms with Crippen LogP contribution in [0.2, 0.25) is 5.02 Å². The van der Waals surface area contributed by atoms with Crippen LogP contribution in [0.15, 0.2) is 24.4 Å². The molecule has 0 radical (unpaired) electrons. The van der Waals surface area contributed by atoms with Gasteiger partial charge >= 0.3 is 12.1 Å². The van der Waals surface area contributed by atoms with Gasteiger partial charge in [0.2, 0.25) is 0 Å². The zero-order valence-electron chi connectivity index (χ0n) is 16.9. The van der Waals surface area contributed by atoms with E-state index in [0.29, 0.717) is 17.7 Å². The number of halogens is 5. The molecule has 0 spiro atoms. The molecule has 0 amide bonds. The van der Waals surface area contributed by atoms with E-state index in [1.165, 1.54) is 0 Å². The number of alkyl halides is 3. The highest BCUT2D eigenvalue weighted by Crippen LogP contribution is 2.40. The third-order valence-electron chi connectivity index (χ3n) is 4.91. The minimum atomic E-state index is -4.71. The highest BCUT2D eigenvalue weighted by Gasteiger charge is 2.38. The average Bonchev–Trinajstić information content (AvgIpc) is 3.12. The number of aliphatic carboxylic acids is 1. The van der Waals surface area contributed by atoms with Gasteiger partial charge in [0, 0.05) is 18.2 Å². The van der Waals surface area contributed by atoms with E-state index in [-0.39, 0.29) is 39.9 Å². The number of pyridine rings is 1. The number of aryl methyl sites for hydroxylation is 1. The molecule has 0 unspecified atom stereocenters. The maximum atomic E-state index is 14.3. The van der Waals surface area contributed by atoms with Crippen LogP contribution < -0.4 is 4.74 Å². The van der Waals surface area contributed by atoms with E-state index in [4.69, 9.17) is 21.4 Å². The van der Waals surface area contributed by atoms with E-state index in [2.05, 4.69) is 9.36 Å². The lowest BCUT2D eigenvalue weighted by molar-refractivity contribution is -0.137. The fraction of sp³-hybridized carbons (Fsp3) is 0.286. The lowest BCUT2D eigenvalue weighted by Gasteiger charge is -2.15. The van der Waals surface area contributed by atoms with Gasteiger partial charge in [0.05, 0.1) is 5.02 Å². The first-order valence-corrected chi connectivity index (χ1v) is 10.4.